The average Bonchev–Trinajstić information content (AvgIpc) is 2.71. The van der Waals surface area contributed by atoms with Gasteiger partial charge in [0.1, 0.15) is 5.60 Å². The maximum Gasteiger partial charge on any atom is 0.225 e. The minimum atomic E-state index is -0.371. The zero-order valence-electron chi connectivity index (χ0n) is 11.0. The summed E-state index contributed by atoms with van der Waals surface area (Å²) in [4.78, 5) is 4.51. The van der Waals surface area contributed by atoms with Crippen LogP contribution in [0, 0.1) is 0 Å². The van der Waals surface area contributed by atoms with Crippen molar-refractivity contribution in [2.75, 3.05) is 0 Å². The highest BCUT2D eigenvalue weighted by Gasteiger charge is 2.22. The summed E-state index contributed by atoms with van der Waals surface area (Å²) in [5.41, 5.74) is 8.10. The average molecular weight is 249 g/mol. The molecule has 1 aromatic heterocycles. The maximum atomic E-state index is 8.84. The van der Waals surface area contributed by atoms with E-state index >= 15 is 0 Å². The molecule has 1 aliphatic carbocycles. The highest BCUT2D eigenvalue weighted by molar-refractivity contribution is 5.99. The van der Waals surface area contributed by atoms with Gasteiger partial charge in [0.2, 0.25) is 5.88 Å². The topological polar surface area (TPSA) is 80.7 Å². The highest BCUT2D eigenvalue weighted by atomic mass is 16.5. The number of amidine groups is 1. The van der Waals surface area contributed by atoms with E-state index in [1.807, 2.05) is 26.8 Å². The van der Waals surface area contributed by atoms with E-state index < -0.39 is 0 Å². The molecule has 1 heterocycles. The van der Waals surface area contributed by atoms with Crippen LogP contribution >= 0.6 is 0 Å². The zero-order valence-corrected chi connectivity index (χ0v) is 11.0. The molecule has 18 heavy (non-hydrogen) atoms. The SMILES string of the molecule is CC(C)(C)Oc1nc2c(cc1C(N)=NO)CCC2. The van der Waals surface area contributed by atoms with Crippen LogP contribution in [0.3, 0.4) is 0 Å². The smallest absolute Gasteiger partial charge is 0.225 e. The van der Waals surface area contributed by atoms with E-state index in [1.165, 1.54) is 0 Å². The summed E-state index contributed by atoms with van der Waals surface area (Å²) < 4.78 is 5.80. The Morgan fingerprint density at radius 2 is 2.17 bits per heavy atom. The number of fused-ring (bicyclic) bond motifs is 1. The van der Waals surface area contributed by atoms with Crippen molar-refractivity contribution in [1.82, 2.24) is 4.98 Å². The van der Waals surface area contributed by atoms with Crippen molar-refractivity contribution in [3.8, 4) is 5.88 Å². The van der Waals surface area contributed by atoms with Gasteiger partial charge in [-0.05, 0) is 51.7 Å². The lowest BCUT2D eigenvalue weighted by molar-refractivity contribution is 0.123. The van der Waals surface area contributed by atoms with E-state index in [0.29, 0.717) is 11.4 Å². The number of aromatic nitrogens is 1. The Balaban J connectivity index is 2.48. The monoisotopic (exact) mass is 249 g/mol. The summed E-state index contributed by atoms with van der Waals surface area (Å²) in [6.07, 6.45) is 3.05. The Morgan fingerprint density at radius 1 is 1.44 bits per heavy atom. The van der Waals surface area contributed by atoms with Crippen LogP contribution in [0.1, 0.15) is 44.0 Å². The molecule has 0 bridgehead atoms. The van der Waals surface area contributed by atoms with Crippen molar-refractivity contribution in [3.05, 3.63) is 22.9 Å². The van der Waals surface area contributed by atoms with Crippen LogP contribution < -0.4 is 10.5 Å². The molecule has 98 valence electrons. The number of hydrogen-bond acceptors (Lipinski definition) is 4. The molecular weight excluding hydrogens is 230 g/mol. The fraction of sp³-hybridized carbons (Fsp3) is 0.538. The summed E-state index contributed by atoms with van der Waals surface area (Å²) in [6.45, 7) is 5.83. The summed E-state index contributed by atoms with van der Waals surface area (Å²) in [5.74, 6) is 0.481. The van der Waals surface area contributed by atoms with Crippen LogP contribution in [-0.4, -0.2) is 21.6 Å². The fourth-order valence-corrected chi connectivity index (χ4v) is 2.06. The number of aryl methyl sites for hydroxylation is 2. The summed E-state index contributed by atoms with van der Waals surface area (Å²) in [6, 6.07) is 1.92. The molecule has 0 radical (unpaired) electrons. The first-order chi connectivity index (χ1) is 8.40. The third-order valence-electron chi connectivity index (χ3n) is 2.80. The number of rotatable bonds is 2. The summed E-state index contributed by atoms with van der Waals surface area (Å²) in [7, 11) is 0. The predicted molar refractivity (Wildman–Crippen MR) is 69.2 cm³/mol. The van der Waals surface area contributed by atoms with Gasteiger partial charge in [0.15, 0.2) is 5.84 Å². The van der Waals surface area contributed by atoms with Crippen molar-refractivity contribution in [1.29, 1.82) is 0 Å². The molecule has 0 atom stereocenters. The molecule has 0 fully saturated rings. The molecule has 5 heteroatoms. The van der Waals surface area contributed by atoms with Crippen LogP contribution in [0.25, 0.3) is 0 Å². The van der Waals surface area contributed by atoms with Gasteiger partial charge in [-0.1, -0.05) is 5.16 Å². The molecule has 0 saturated carbocycles. The minimum absolute atomic E-state index is 0.0384. The van der Waals surface area contributed by atoms with Crippen molar-refractivity contribution in [2.45, 2.75) is 45.6 Å². The Hall–Kier alpha value is -1.78. The second-order valence-corrected chi connectivity index (χ2v) is 5.50. The van der Waals surface area contributed by atoms with Crippen LogP contribution in [0.4, 0.5) is 0 Å². The van der Waals surface area contributed by atoms with Gasteiger partial charge in [0.25, 0.3) is 0 Å². The van der Waals surface area contributed by atoms with Crippen molar-refractivity contribution in [3.63, 3.8) is 0 Å². The second-order valence-electron chi connectivity index (χ2n) is 5.50. The fourth-order valence-electron chi connectivity index (χ4n) is 2.06. The standard InChI is InChI=1S/C13H19N3O2/c1-13(2,3)18-12-9(11(14)16-17)7-8-5-4-6-10(8)15-12/h7,17H,4-6H2,1-3H3,(H2,14,16). The molecule has 0 unspecified atom stereocenters. The van der Waals surface area contributed by atoms with Crippen LogP contribution in [0.15, 0.2) is 11.2 Å². The molecule has 3 N–H and O–H groups in total. The molecule has 0 aromatic carbocycles. The molecule has 0 spiro atoms. The quantitative estimate of drug-likeness (QED) is 0.363. The lowest BCUT2D eigenvalue weighted by atomic mass is 10.1. The number of pyridine rings is 1. The molecular formula is C13H19N3O2. The highest BCUT2D eigenvalue weighted by Crippen LogP contribution is 2.28. The van der Waals surface area contributed by atoms with Crippen LogP contribution in [0.2, 0.25) is 0 Å². The van der Waals surface area contributed by atoms with Gasteiger partial charge in [-0.15, -0.1) is 0 Å². The normalized spacial score (nSPS) is 15.6. The number of ether oxygens (including phenoxy) is 1. The van der Waals surface area contributed by atoms with Gasteiger partial charge in [-0.25, -0.2) is 4.98 Å². The van der Waals surface area contributed by atoms with Crippen LogP contribution in [-0.2, 0) is 12.8 Å². The minimum Gasteiger partial charge on any atom is -0.471 e. The second kappa shape index (κ2) is 4.48. The van der Waals surface area contributed by atoms with E-state index in [4.69, 9.17) is 15.7 Å². The van der Waals surface area contributed by atoms with Crippen molar-refractivity contribution < 1.29 is 9.94 Å². The summed E-state index contributed by atoms with van der Waals surface area (Å²) >= 11 is 0. The van der Waals surface area contributed by atoms with Gasteiger partial charge in [-0.3, -0.25) is 0 Å². The first-order valence-electron chi connectivity index (χ1n) is 6.10. The maximum absolute atomic E-state index is 8.84. The van der Waals surface area contributed by atoms with Gasteiger partial charge in [0, 0.05) is 5.69 Å². The first-order valence-corrected chi connectivity index (χ1v) is 6.10. The van der Waals surface area contributed by atoms with Crippen molar-refractivity contribution >= 4 is 5.84 Å². The lowest BCUT2D eigenvalue weighted by Gasteiger charge is -2.22. The Kier molecular flexibility index (Phi) is 3.15. The van der Waals surface area contributed by atoms with Gasteiger partial charge >= 0.3 is 0 Å². The third-order valence-corrected chi connectivity index (χ3v) is 2.80. The molecule has 0 saturated heterocycles. The van der Waals surface area contributed by atoms with E-state index in [1.54, 1.807) is 0 Å². The molecule has 1 aliphatic rings. The van der Waals surface area contributed by atoms with Gasteiger partial charge in [0.05, 0.1) is 5.56 Å². The number of nitrogens with zero attached hydrogens (tertiary/aromatic N) is 2. The van der Waals surface area contributed by atoms with Gasteiger partial charge in [-0.2, -0.15) is 0 Å². The Bertz CT molecular complexity index is 490. The van der Waals surface area contributed by atoms with Crippen LogP contribution in [0.5, 0.6) is 5.88 Å². The molecule has 1 aromatic rings. The van der Waals surface area contributed by atoms with E-state index in [-0.39, 0.29) is 11.4 Å². The molecule has 2 rings (SSSR count). The first kappa shape index (κ1) is 12.7. The number of hydrogen-bond donors (Lipinski definition) is 2. The Morgan fingerprint density at radius 3 is 2.78 bits per heavy atom. The lowest BCUT2D eigenvalue weighted by Crippen LogP contribution is -2.26. The Labute approximate surface area is 107 Å². The third kappa shape index (κ3) is 2.55. The largest absolute Gasteiger partial charge is 0.471 e. The van der Waals surface area contributed by atoms with Crippen molar-refractivity contribution in [2.24, 2.45) is 10.9 Å². The molecule has 0 amide bonds. The van der Waals surface area contributed by atoms with E-state index in [0.717, 1.165) is 30.5 Å². The van der Waals surface area contributed by atoms with Gasteiger partial charge < -0.3 is 15.7 Å². The van der Waals surface area contributed by atoms with E-state index in [2.05, 4.69) is 10.1 Å². The number of oxime groups is 1. The summed E-state index contributed by atoms with van der Waals surface area (Å²) in [5, 5.41) is 11.9. The molecule has 0 aliphatic heterocycles. The zero-order chi connectivity index (χ0) is 13.3. The van der Waals surface area contributed by atoms with E-state index in [9.17, 15) is 0 Å². The molecule has 5 nitrogen and oxygen atoms in total. The number of nitrogens with two attached hydrogens (primary N) is 1. The predicted octanol–water partition coefficient (Wildman–Crippen LogP) is 1.84.